The van der Waals surface area contributed by atoms with E-state index in [1.807, 2.05) is 0 Å². The molecule has 2 unspecified atom stereocenters. The van der Waals surface area contributed by atoms with Gasteiger partial charge in [-0.15, -0.1) is 0 Å². The summed E-state index contributed by atoms with van der Waals surface area (Å²) in [4.78, 5) is 21.2. The second-order valence-electron chi connectivity index (χ2n) is 6.66. The monoisotopic (exact) mass is 345 g/mol. The van der Waals surface area contributed by atoms with Gasteiger partial charge in [-0.25, -0.2) is 4.79 Å². The molecular formula is C17H32NO4P. The Hall–Kier alpha value is -0.640. The van der Waals surface area contributed by atoms with Crippen molar-refractivity contribution in [3.63, 3.8) is 0 Å². The maximum absolute atomic E-state index is 11.8. The molecule has 0 aromatic heterocycles. The zero-order valence-electron chi connectivity index (χ0n) is 14.2. The van der Waals surface area contributed by atoms with Crippen molar-refractivity contribution >= 4 is 14.0 Å². The number of hydrogen-bond donors (Lipinski definition) is 3. The summed E-state index contributed by atoms with van der Waals surface area (Å²) in [6, 6.07) is -0.605. The Morgan fingerprint density at radius 2 is 1.87 bits per heavy atom. The Bertz CT molecular complexity index is 430. The number of hydrogen-bond acceptors (Lipinski definition) is 3. The summed E-state index contributed by atoms with van der Waals surface area (Å²) in [6.07, 6.45) is 10.5. The molecule has 1 aliphatic carbocycles. The summed E-state index contributed by atoms with van der Waals surface area (Å²) in [7, 11) is -3.08. The zero-order chi connectivity index (χ0) is 17.2. The van der Waals surface area contributed by atoms with Crippen LogP contribution in [0.4, 0.5) is 0 Å². The fourth-order valence-electron chi connectivity index (χ4n) is 3.50. The van der Waals surface area contributed by atoms with Gasteiger partial charge in [-0.3, -0.25) is 4.57 Å². The van der Waals surface area contributed by atoms with Crippen LogP contribution in [0.1, 0.15) is 77.6 Å². The fraction of sp³-hybridized carbons (Fsp3) is 0.824. The van der Waals surface area contributed by atoms with Gasteiger partial charge >= 0.3 is 5.97 Å². The summed E-state index contributed by atoms with van der Waals surface area (Å²) in [6.45, 7) is 2.09. The first-order chi connectivity index (χ1) is 11.0. The Labute approximate surface area is 140 Å². The number of carboxylic acids is 1. The highest BCUT2D eigenvalue weighted by Crippen LogP contribution is 2.38. The molecule has 0 heterocycles. The van der Waals surface area contributed by atoms with Gasteiger partial charge in [0.25, 0.3) is 0 Å². The maximum atomic E-state index is 11.8. The minimum Gasteiger partial charge on any atom is -0.478 e. The molecular weight excluding hydrogens is 313 g/mol. The molecule has 2 atom stereocenters. The summed E-state index contributed by atoms with van der Waals surface area (Å²) < 4.78 is 11.8. The number of carbonyl (C=O) groups is 1. The highest BCUT2D eigenvalue weighted by Gasteiger charge is 2.26. The first-order valence-electron chi connectivity index (χ1n) is 8.92. The topological polar surface area (TPSA) is 101 Å². The molecule has 23 heavy (non-hydrogen) atoms. The van der Waals surface area contributed by atoms with Crippen molar-refractivity contribution in [3.8, 4) is 0 Å². The summed E-state index contributed by atoms with van der Waals surface area (Å²) >= 11 is 0. The third kappa shape index (κ3) is 7.19. The predicted molar refractivity (Wildman–Crippen MR) is 93.8 cm³/mol. The van der Waals surface area contributed by atoms with Gasteiger partial charge in [-0.2, -0.15) is 0 Å². The fourth-order valence-corrected chi connectivity index (χ4v) is 4.42. The normalized spacial score (nSPS) is 20.0. The third-order valence-electron chi connectivity index (χ3n) is 4.78. The summed E-state index contributed by atoms with van der Waals surface area (Å²) in [5, 5.41) is 9.56. The molecule has 1 saturated carbocycles. The SMILES string of the molecule is CCCCCCC(C(=O)O)=C(C(N)CC1CCCCC1)[PH](=O)O. The smallest absolute Gasteiger partial charge is 0.332 e. The van der Waals surface area contributed by atoms with Crippen LogP contribution >= 0.6 is 8.03 Å². The van der Waals surface area contributed by atoms with E-state index in [0.717, 1.165) is 38.5 Å². The van der Waals surface area contributed by atoms with Gasteiger partial charge in [0.2, 0.25) is 8.03 Å². The first-order valence-corrected chi connectivity index (χ1v) is 10.3. The Balaban J connectivity index is 2.83. The standard InChI is InChI=1S/C17H32NO4P/c1-2-3-4-8-11-14(17(19)20)16(23(21)22)15(18)12-13-9-6-5-7-10-13/h13,15,23H,2-12,18H2,1H3,(H,19,20)(H,21,22). The second kappa shape index (κ2) is 11.0. The number of unbranched alkanes of at least 4 members (excludes halogenated alkanes) is 3. The molecule has 5 nitrogen and oxygen atoms in total. The quantitative estimate of drug-likeness (QED) is 0.315. The zero-order valence-corrected chi connectivity index (χ0v) is 15.2. The average molecular weight is 345 g/mol. The van der Waals surface area contributed by atoms with Crippen LogP contribution in [-0.2, 0) is 9.36 Å². The lowest BCUT2D eigenvalue weighted by molar-refractivity contribution is -0.132. The van der Waals surface area contributed by atoms with Crippen LogP contribution in [0.25, 0.3) is 0 Å². The second-order valence-corrected chi connectivity index (χ2v) is 7.81. The van der Waals surface area contributed by atoms with Crippen molar-refractivity contribution in [2.24, 2.45) is 11.7 Å². The van der Waals surface area contributed by atoms with Crippen LogP contribution < -0.4 is 5.73 Å². The molecule has 0 amide bonds. The highest BCUT2D eigenvalue weighted by atomic mass is 31.1. The van der Waals surface area contributed by atoms with Crippen molar-refractivity contribution in [2.75, 3.05) is 0 Å². The largest absolute Gasteiger partial charge is 0.478 e. The third-order valence-corrected chi connectivity index (χ3v) is 5.91. The lowest BCUT2D eigenvalue weighted by atomic mass is 9.84. The molecule has 0 aromatic carbocycles. The van der Waals surface area contributed by atoms with E-state index in [1.165, 1.54) is 19.3 Å². The Morgan fingerprint density at radius 1 is 1.22 bits per heavy atom. The van der Waals surface area contributed by atoms with Crippen LogP contribution in [0.2, 0.25) is 0 Å². The molecule has 0 spiro atoms. The highest BCUT2D eigenvalue weighted by molar-refractivity contribution is 7.43. The first kappa shape index (κ1) is 20.4. The molecule has 1 rings (SSSR count). The summed E-state index contributed by atoms with van der Waals surface area (Å²) in [5.74, 6) is -0.645. The predicted octanol–water partition coefficient (Wildman–Crippen LogP) is 4.06. The van der Waals surface area contributed by atoms with Crippen molar-refractivity contribution in [1.82, 2.24) is 0 Å². The van der Waals surface area contributed by atoms with Crippen LogP contribution in [0, 0.1) is 5.92 Å². The van der Waals surface area contributed by atoms with E-state index < -0.39 is 20.0 Å². The molecule has 0 saturated heterocycles. The molecule has 4 N–H and O–H groups in total. The van der Waals surface area contributed by atoms with E-state index in [2.05, 4.69) is 6.92 Å². The van der Waals surface area contributed by atoms with E-state index in [4.69, 9.17) is 5.73 Å². The molecule has 6 heteroatoms. The minimum atomic E-state index is -3.08. The van der Waals surface area contributed by atoms with Crippen LogP contribution in [0.15, 0.2) is 10.9 Å². The van der Waals surface area contributed by atoms with E-state index in [1.54, 1.807) is 0 Å². The molecule has 0 radical (unpaired) electrons. The molecule has 0 bridgehead atoms. The van der Waals surface area contributed by atoms with Crippen molar-refractivity contribution in [3.05, 3.63) is 10.9 Å². The number of rotatable bonds is 10. The number of carboxylic acid groups (broad SMARTS) is 1. The minimum absolute atomic E-state index is 0.0794. The van der Waals surface area contributed by atoms with Gasteiger partial charge < -0.3 is 15.7 Å². The Kier molecular flexibility index (Phi) is 9.77. The van der Waals surface area contributed by atoms with Crippen LogP contribution in [0.5, 0.6) is 0 Å². The van der Waals surface area contributed by atoms with E-state index in [0.29, 0.717) is 18.8 Å². The van der Waals surface area contributed by atoms with Crippen molar-refractivity contribution < 1.29 is 19.4 Å². The van der Waals surface area contributed by atoms with Crippen LogP contribution in [0.3, 0.4) is 0 Å². The molecule has 1 aliphatic rings. The van der Waals surface area contributed by atoms with Crippen molar-refractivity contribution in [2.45, 2.75) is 83.6 Å². The Morgan fingerprint density at radius 3 is 2.39 bits per heavy atom. The van der Waals surface area contributed by atoms with E-state index in [9.17, 15) is 19.4 Å². The van der Waals surface area contributed by atoms with E-state index >= 15 is 0 Å². The van der Waals surface area contributed by atoms with Gasteiger partial charge in [0.05, 0.1) is 0 Å². The molecule has 0 aliphatic heterocycles. The van der Waals surface area contributed by atoms with Gasteiger partial charge in [-0.05, 0) is 25.2 Å². The summed E-state index contributed by atoms with van der Waals surface area (Å²) in [5.41, 5.74) is 6.24. The van der Waals surface area contributed by atoms with Gasteiger partial charge in [0, 0.05) is 16.9 Å². The van der Waals surface area contributed by atoms with Crippen LogP contribution in [-0.4, -0.2) is 22.0 Å². The van der Waals surface area contributed by atoms with Gasteiger partial charge in [-0.1, -0.05) is 58.3 Å². The van der Waals surface area contributed by atoms with Gasteiger partial charge in [0.15, 0.2) is 0 Å². The lowest BCUT2D eigenvalue weighted by Crippen LogP contribution is -2.28. The molecule has 0 aromatic rings. The molecule has 1 fully saturated rings. The molecule has 134 valence electrons. The van der Waals surface area contributed by atoms with E-state index in [-0.39, 0.29) is 10.9 Å². The van der Waals surface area contributed by atoms with Gasteiger partial charge in [0.1, 0.15) is 0 Å². The number of nitrogens with two attached hydrogens (primary N) is 1. The lowest BCUT2D eigenvalue weighted by Gasteiger charge is -2.26. The maximum Gasteiger partial charge on any atom is 0.332 e. The van der Waals surface area contributed by atoms with Crippen molar-refractivity contribution in [1.29, 1.82) is 0 Å². The number of aliphatic carboxylic acids is 1. The average Bonchev–Trinajstić information content (AvgIpc) is 2.50.